The Bertz CT molecular complexity index is 373. The van der Waals surface area contributed by atoms with E-state index < -0.39 is 0 Å². The second-order valence-corrected chi connectivity index (χ2v) is 7.70. The number of hydrogen-bond acceptors (Lipinski definition) is 1. The number of rotatable bonds is 19. The van der Waals surface area contributed by atoms with Crippen LogP contribution in [-0.4, -0.2) is 6.61 Å². The van der Waals surface area contributed by atoms with Crippen molar-refractivity contribution in [3.8, 4) is 0 Å². The molecule has 0 heterocycles. The van der Waals surface area contributed by atoms with E-state index in [1.54, 1.807) is 0 Å². The SMILES string of the molecule is [CH2]CCCCCCCCCCCCCCCCCOCc1ccccc1. The molecule has 26 heavy (non-hydrogen) atoms. The van der Waals surface area contributed by atoms with Crippen molar-refractivity contribution in [2.75, 3.05) is 6.61 Å². The van der Waals surface area contributed by atoms with Gasteiger partial charge in [-0.3, -0.25) is 0 Å². The van der Waals surface area contributed by atoms with E-state index >= 15 is 0 Å². The zero-order valence-corrected chi connectivity index (χ0v) is 17.2. The summed E-state index contributed by atoms with van der Waals surface area (Å²) >= 11 is 0. The highest BCUT2D eigenvalue weighted by Gasteiger charge is 1.95. The Morgan fingerprint density at radius 1 is 0.538 bits per heavy atom. The van der Waals surface area contributed by atoms with Crippen LogP contribution in [0.3, 0.4) is 0 Å². The van der Waals surface area contributed by atoms with E-state index in [0.717, 1.165) is 19.6 Å². The molecule has 1 rings (SSSR count). The molecule has 1 nitrogen and oxygen atoms in total. The molecule has 149 valence electrons. The average molecular weight is 360 g/mol. The van der Waals surface area contributed by atoms with E-state index in [4.69, 9.17) is 4.74 Å². The van der Waals surface area contributed by atoms with Gasteiger partial charge in [-0.2, -0.15) is 0 Å². The first kappa shape index (κ1) is 23.2. The minimum absolute atomic E-state index is 0.761. The smallest absolute Gasteiger partial charge is 0.0716 e. The third-order valence-corrected chi connectivity index (χ3v) is 5.15. The van der Waals surface area contributed by atoms with Gasteiger partial charge in [-0.25, -0.2) is 0 Å². The molecule has 0 saturated carbocycles. The Balaban J connectivity index is 1.68. The van der Waals surface area contributed by atoms with Crippen LogP contribution < -0.4 is 0 Å². The Morgan fingerprint density at radius 2 is 0.962 bits per heavy atom. The van der Waals surface area contributed by atoms with E-state index in [1.807, 2.05) is 0 Å². The maximum atomic E-state index is 5.74. The molecule has 0 saturated heterocycles. The highest BCUT2D eigenvalue weighted by atomic mass is 16.5. The number of benzene rings is 1. The van der Waals surface area contributed by atoms with Crippen molar-refractivity contribution in [1.29, 1.82) is 0 Å². The van der Waals surface area contributed by atoms with E-state index in [-0.39, 0.29) is 0 Å². The molecule has 0 aliphatic carbocycles. The summed E-state index contributed by atoms with van der Waals surface area (Å²) in [6.45, 7) is 5.57. The fourth-order valence-electron chi connectivity index (χ4n) is 3.44. The van der Waals surface area contributed by atoms with Gasteiger partial charge in [-0.05, 0) is 12.0 Å². The third-order valence-electron chi connectivity index (χ3n) is 5.15. The summed E-state index contributed by atoms with van der Waals surface area (Å²) in [7, 11) is 0. The molecule has 1 aromatic carbocycles. The molecule has 0 aliphatic rings. The Morgan fingerprint density at radius 3 is 1.42 bits per heavy atom. The molecule has 0 bridgehead atoms. The van der Waals surface area contributed by atoms with E-state index in [0.29, 0.717) is 0 Å². The number of hydrogen-bond donors (Lipinski definition) is 0. The molecule has 0 spiro atoms. The predicted octanol–water partition coefficient (Wildman–Crippen LogP) is 8.28. The van der Waals surface area contributed by atoms with Crippen LogP contribution in [0.2, 0.25) is 0 Å². The highest BCUT2D eigenvalue weighted by molar-refractivity contribution is 5.13. The summed E-state index contributed by atoms with van der Waals surface area (Å²) in [5.41, 5.74) is 1.28. The Labute approximate surface area is 163 Å². The summed E-state index contributed by atoms with van der Waals surface area (Å²) < 4.78 is 5.74. The highest BCUT2D eigenvalue weighted by Crippen LogP contribution is 2.13. The van der Waals surface area contributed by atoms with Crippen molar-refractivity contribution in [3.63, 3.8) is 0 Å². The van der Waals surface area contributed by atoms with Crippen molar-refractivity contribution in [3.05, 3.63) is 42.8 Å². The summed E-state index contributed by atoms with van der Waals surface area (Å²) in [4.78, 5) is 0. The van der Waals surface area contributed by atoms with Crippen molar-refractivity contribution < 1.29 is 4.74 Å². The molecule has 0 aromatic heterocycles. The molecule has 0 unspecified atom stereocenters. The largest absolute Gasteiger partial charge is 0.377 e. The lowest BCUT2D eigenvalue weighted by atomic mass is 10.0. The van der Waals surface area contributed by atoms with Gasteiger partial charge in [0.15, 0.2) is 0 Å². The summed E-state index contributed by atoms with van der Waals surface area (Å²) in [6.07, 6.45) is 22.1. The molecule has 0 atom stereocenters. The fraction of sp³-hybridized carbons (Fsp3) is 0.720. The molecule has 0 N–H and O–H groups in total. The fourth-order valence-corrected chi connectivity index (χ4v) is 3.44. The van der Waals surface area contributed by atoms with Crippen molar-refractivity contribution >= 4 is 0 Å². The second-order valence-electron chi connectivity index (χ2n) is 7.70. The van der Waals surface area contributed by atoms with Crippen LogP contribution in [0.5, 0.6) is 0 Å². The number of unbranched alkanes of at least 4 members (excludes halogenated alkanes) is 15. The normalized spacial score (nSPS) is 11.1. The summed E-state index contributed by atoms with van der Waals surface area (Å²) in [5, 5.41) is 0. The minimum atomic E-state index is 0.761. The first-order valence-corrected chi connectivity index (χ1v) is 11.3. The molecule has 0 amide bonds. The third kappa shape index (κ3) is 15.4. The van der Waals surface area contributed by atoms with E-state index in [2.05, 4.69) is 37.3 Å². The van der Waals surface area contributed by atoms with Crippen molar-refractivity contribution in [1.82, 2.24) is 0 Å². The van der Waals surface area contributed by atoms with Gasteiger partial charge < -0.3 is 4.74 Å². The monoisotopic (exact) mass is 359 g/mol. The van der Waals surface area contributed by atoms with Gasteiger partial charge in [0.2, 0.25) is 0 Å². The minimum Gasteiger partial charge on any atom is -0.377 e. The zero-order chi connectivity index (χ0) is 18.5. The first-order chi connectivity index (χ1) is 12.9. The standard InChI is InChI=1S/C25H43O/c1-2-3-4-5-6-7-8-9-10-11-12-13-14-15-16-20-23-26-24-25-21-18-17-19-22-25/h17-19,21-22H,1-16,20,23-24H2. The van der Waals surface area contributed by atoms with Crippen LogP contribution in [0.4, 0.5) is 0 Å². The Kier molecular flexibility index (Phi) is 16.9. The van der Waals surface area contributed by atoms with E-state index in [9.17, 15) is 0 Å². The average Bonchev–Trinajstić information content (AvgIpc) is 2.68. The van der Waals surface area contributed by atoms with Gasteiger partial charge in [-0.15, -0.1) is 0 Å². The van der Waals surface area contributed by atoms with Gasteiger partial charge in [0.05, 0.1) is 6.61 Å². The van der Waals surface area contributed by atoms with Gasteiger partial charge in [0, 0.05) is 6.61 Å². The first-order valence-electron chi connectivity index (χ1n) is 11.3. The zero-order valence-electron chi connectivity index (χ0n) is 17.2. The van der Waals surface area contributed by atoms with Crippen LogP contribution in [-0.2, 0) is 11.3 Å². The lowest BCUT2D eigenvalue weighted by Crippen LogP contribution is -1.95. The molecule has 0 fully saturated rings. The summed E-state index contributed by atoms with van der Waals surface area (Å²) in [5.74, 6) is 0. The molecule has 1 radical (unpaired) electrons. The number of ether oxygens (including phenoxy) is 1. The molecular weight excluding hydrogens is 316 g/mol. The summed E-state index contributed by atoms with van der Waals surface area (Å²) in [6, 6.07) is 10.5. The predicted molar refractivity (Wildman–Crippen MR) is 115 cm³/mol. The lowest BCUT2D eigenvalue weighted by Gasteiger charge is -2.05. The van der Waals surface area contributed by atoms with Crippen LogP contribution in [0.1, 0.15) is 108 Å². The second kappa shape index (κ2) is 19.0. The maximum Gasteiger partial charge on any atom is 0.0716 e. The van der Waals surface area contributed by atoms with Gasteiger partial charge >= 0.3 is 0 Å². The van der Waals surface area contributed by atoms with Crippen LogP contribution in [0.15, 0.2) is 30.3 Å². The van der Waals surface area contributed by atoms with E-state index in [1.165, 1.54) is 102 Å². The van der Waals surface area contributed by atoms with Gasteiger partial charge in [-0.1, -0.05) is 134 Å². The molecular formula is C25H43O. The molecule has 0 aliphatic heterocycles. The van der Waals surface area contributed by atoms with Crippen LogP contribution in [0.25, 0.3) is 0 Å². The van der Waals surface area contributed by atoms with Crippen LogP contribution in [0, 0.1) is 6.92 Å². The molecule has 1 aromatic rings. The van der Waals surface area contributed by atoms with Crippen LogP contribution >= 0.6 is 0 Å². The quantitative estimate of drug-likeness (QED) is 0.226. The topological polar surface area (TPSA) is 9.23 Å². The van der Waals surface area contributed by atoms with Gasteiger partial charge in [0.1, 0.15) is 0 Å². The van der Waals surface area contributed by atoms with Gasteiger partial charge in [0.25, 0.3) is 0 Å². The lowest BCUT2D eigenvalue weighted by molar-refractivity contribution is 0.116. The van der Waals surface area contributed by atoms with Crippen molar-refractivity contribution in [2.45, 2.75) is 109 Å². The maximum absolute atomic E-state index is 5.74. The Hall–Kier alpha value is -0.820. The molecule has 1 heteroatoms. The van der Waals surface area contributed by atoms with Crippen molar-refractivity contribution in [2.24, 2.45) is 0 Å².